The van der Waals surface area contributed by atoms with Crippen molar-refractivity contribution >= 4 is 54.8 Å². The molecule has 25 heavy (non-hydrogen) atoms. The number of furan rings is 1. The molecule has 1 aliphatic heterocycles. The number of pyridine rings is 1. The topological polar surface area (TPSA) is 73.3 Å². The van der Waals surface area contributed by atoms with E-state index in [9.17, 15) is 0 Å². The summed E-state index contributed by atoms with van der Waals surface area (Å²) in [6, 6.07) is 5.65. The van der Waals surface area contributed by atoms with Crippen LogP contribution in [0.1, 0.15) is 23.0 Å². The predicted molar refractivity (Wildman–Crippen MR) is 105 cm³/mol. The summed E-state index contributed by atoms with van der Waals surface area (Å²) in [5, 5.41) is 3.86. The highest BCUT2D eigenvalue weighted by Gasteiger charge is 2.29. The number of ether oxygens (including phenoxy) is 1. The van der Waals surface area contributed by atoms with Crippen molar-refractivity contribution in [1.29, 1.82) is 0 Å². The average molecular weight is 443 g/mol. The molecular weight excluding hydrogens is 426 g/mol. The van der Waals surface area contributed by atoms with Crippen LogP contribution < -0.4 is 11.1 Å². The summed E-state index contributed by atoms with van der Waals surface area (Å²) >= 11 is 11.7. The number of nitrogens with two attached hydrogens (primary N) is 1. The van der Waals surface area contributed by atoms with Gasteiger partial charge in [-0.1, -0.05) is 11.6 Å². The third-order valence-electron chi connectivity index (χ3n) is 4.35. The van der Waals surface area contributed by atoms with Crippen LogP contribution in [0.4, 0.5) is 5.69 Å². The first-order chi connectivity index (χ1) is 12.1. The molecule has 3 N–H and O–H groups in total. The van der Waals surface area contributed by atoms with Crippen LogP contribution in [0, 0.1) is 0 Å². The number of hydrogen-bond acceptors (Lipinski definition) is 6. The van der Waals surface area contributed by atoms with Gasteiger partial charge in [0.1, 0.15) is 10.9 Å². The second-order valence-corrected chi connectivity index (χ2v) is 8.25. The van der Waals surface area contributed by atoms with Gasteiger partial charge in [0.05, 0.1) is 39.8 Å². The molecule has 0 spiro atoms. The fourth-order valence-corrected chi connectivity index (χ4v) is 5.56. The zero-order valence-corrected chi connectivity index (χ0v) is 16.5. The minimum Gasteiger partial charge on any atom is -0.467 e. The van der Waals surface area contributed by atoms with Crippen LogP contribution >= 0.6 is 38.9 Å². The number of aromatic nitrogens is 1. The van der Waals surface area contributed by atoms with E-state index in [1.54, 1.807) is 17.6 Å². The molecule has 1 saturated heterocycles. The van der Waals surface area contributed by atoms with Crippen molar-refractivity contribution in [2.24, 2.45) is 5.73 Å². The quantitative estimate of drug-likeness (QED) is 0.571. The Morgan fingerprint density at radius 1 is 1.48 bits per heavy atom. The minimum atomic E-state index is -0.00638. The van der Waals surface area contributed by atoms with Gasteiger partial charge in [-0.2, -0.15) is 0 Å². The zero-order valence-electron chi connectivity index (χ0n) is 13.3. The molecule has 0 unspecified atom stereocenters. The summed E-state index contributed by atoms with van der Waals surface area (Å²) in [5.41, 5.74) is 8.10. The van der Waals surface area contributed by atoms with Crippen molar-refractivity contribution in [3.63, 3.8) is 0 Å². The van der Waals surface area contributed by atoms with E-state index >= 15 is 0 Å². The fourth-order valence-electron chi connectivity index (χ4n) is 3.08. The maximum Gasteiger partial charge on any atom is 0.131 e. The second-order valence-electron chi connectivity index (χ2n) is 6.02. The van der Waals surface area contributed by atoms with Gasteiger partial charge in [0.15, 0.2) is 0 Å². The molecule has 0 aromatic carbocycles. The fraction of sp³-hybridized carbons (Fsp3) is 0.353. The molecule has 0 radical (unpaired) electrons. The molecule has 1 fully saturated rings. The Kier molecular flexibility index (Phi) is 5.01. The maximum absolute atomic E-state index is 6.28. The molecule has 5 nitrogen and oxygen atoms in total. The Morgan fingerprint density at radius 2 is 2.36 bits per heavy atom. The number of hydrogen-bond donors (Lipinski definition) is 2. The Hall–Kier alpha value is -1.12. The standard InChI is InChI=1S/C17H17BrClN3O2S/c18-14-15-17(25-16(14)10-3-5-23-8-11(10)20)12(6-13(19)22-15)21-7-9-2-1-4-24-9/h1-2,4,6,10-11H,3,5,7-8,20H2,(H,21,22)/t10-,11-/m1/s1. The smallest absolute Gasteiger partial charge is 0.131 e. The molecule has 4 heterocycles. The van der Waals surface area contributed by atoms with Gasteiger partial charge in [-0.15, -0.1) is 11.3 Å². The van der Waals surface area contributed by atoms with E-state index in [0.29, 0.717) is 18.3 Å². The molecule has 132 valence electrons. The molecule has 0 bridgehead atoms. The molecular formula is C17H17BrClN3O2S. The lowest BCUT2D eigenvalue weighted by atomic mass is 9.94. The SMILES string of the molecule is N[C@@H]1COCC[C@H]1c1sc2c(NCc3ccco3)cc(Cl)nc2c1Br. The summed E-state index contributed by atoms with van der Waals surface area (Å²) in [5.74, 6) is 1.13. The van der Waals surface area contributed by atoms with Crippen molar-refractivity contribution in [2.45, 2.75) is 24.9 Å². The molecule has 0 saturated carbocycles. The first-order valence-electron chi connectivity index (χ1n) is 8.01. The van der Waals surface area contributed by atoms with Crippen LogP contribution in [0.5, 0.6) is 0 Å². The van der Waals surface area contributed by atoms with Crippen LogP contribution in [-0.2, 0) is 11.3 Å². The molecule has 0 aliphatic carbocycles. The lowest BCUT2D eigenvalue weighted by Crippen LogP contribution is -2.37. The normalized spacial score (nSPS) is 20.9. The molecule has 4 rings (SSSR count). The lowest BCUT2D eigenvalue weighted by molar-refractivity contribution is 0.0702. The molecule has 0 amide bonds. The van der Waals surface area contributed by atoms with E-state index in [-0.39, 0.29) is 12.0 Å². The summed E-state index contributed by atoms with van der Waals surface area (Å²) < 4.78 is 12.9. The van der Waals surface area contributed by atoms with Crippen molar-refractivity contribution in [1.82, 2.24) is 4.98 Å². The molecule has 1 aliphatic rings. The molecule has 3 aromatic heterocycles. The van der Waals surface area contributed by atoms with E-state index in [1.807, 2.05) is 18.2 Å². The number of anilines is 1. The highest BCUT2D eigenvalue weighted by atomic mass is 79.9. The van der Waals surface area contributed by atoms with Gasteiger partial charge in [-0.3, -0.25) is 0 Å². The predicted octanol–water partition coefficient (Wildman–Crippen LogP) is 4.75. The maximum atomic E-state index is 6.28. The molecule has 8 heteroatoms. The summed E-state index contributed by atoms with van der Waals surface area (Å²) in [6.45, 7) is 1.91. The van der Waals surface area contributed by atoms with Gasteiger partial charge in [0, 0.05) is 29.5 Å². The third kappa shape index (κ3) is 3.44. The van der Waals surface area contributed by atoms with Gasteiger partial charge in [0.2, 0.25) is 0 Å². The van der Waals surface area contributed by atoms with Gasteiger partial charge in [-0.05, 0) is 34.5 Å². The van der Waals surface area contributed by atoms with E-state index in [2.05, 4.69) is 26.2 Å². The van der Waals surface area contributed by atoms with E-state index in [1.165, 1.54) is 4.88 Å². The second kappa shape index (κ2) is 7.25. The van der Waals surface area contributed by atoms with Gasteiger partial charge >= 0.3 is 0 Å². The zero-order chi connectivity index (χ0) is 17.4. The Labute approximate surface area is 162 Å². The first kappa shape index (κ1) is 17.3. The summed E-state index contributed by atoms with van der Waals surface area (Å²) in [4.78, 5) is 5.72. The Balaban J connectivity index is 1.72. The number of rotatable bonds is 4. The highest BCUT2D eigenvalue weighted by Crippen LogP contribution is 2.45. The van der Waals surface area contributed by atoms with Crippen molar-refractivity contribution in [3.05, 3.63) is 44.7 Å². The van der Waals surface area contributed by atoms with E-state index in [4.69, 9.17) is 26.5 Å². The third-order valence-corrected chi connectivity index (χ3v) is 6.95. The number of nitrogens with one attached hydrogen (secondary N) is 1. The van der Waals surface area contributed by atoms with Crippen molar-refractivity contribution in [2.75, 3.05) is 18.5 Å². The van der Waals surface area contributed by atoms with Crippen LogP contribution in [0.3, 0.4) is 0 Å². The summed E-state index contributed by atoms with van der Waals surface area (Å²) in [6.07, 6.45) is 2.58. The number of fused-ring (bicyclic) bond motifs is 1. The highest BCUT2D eigenvalue weighted by molar-refractivity contribution is 9.10. The van der Waals surface area contributed by atoms with Gasteiger partial charge in [-0.25, -0.2) is 4.98 Å². The van der Waals surface area contributed by atoms with Crippen LogP contribution in [0.2, 0.25) is 5.15 Å². The lowest BCUT2D eigenvalue weighted by Gasteiger charge is -2.28. The number of thiophene rings is 1. The number of halogens is 2. The summed E-state index contributed by atoms with van der Waals surface area (Å²) in [7, 11) is 0. The van der Waals surface area contributed by atoms with E-state index < -0.39 is 0 Å². The minimum absolute atomic E-state index is 0.00638. The van der Waals surface area contributed by atoms with Crippen molar-refractivity contribution in [3.8, 4) is 0 Å². The van der Waals surface area contributed by atoms with Crippen molar-refractivity contribution < 1.29 is 9.15 Å². The molecule has 3 aromatic rings. The van der Waals surface area contributed by atoms with E-state index in [0.717, 1.165) is 39.2 Å². The van der Waals surface area contributed by atoms with Crippen LogP contribution in [-0.4, -0.2) is 24.2 Å². The van der Waals surface area contributed by atoms with Crippen LogP contribution in [0.15, 0.2) is 33.4 Å². The molecule has 2 atom stereocenters. The largest absolute Gasteiger partial charge is 0.467 e. The Morgan fingerprint density at radius 3 is 3.12 bits per heavy atom. The Bertz CT molecular complexity index is 884. The van der Waals surface area contributed by atoms with Gasteiger partial charge < -0.3 is 20.2 Å². The first-order valence-corrected chi connectivity index (χ1v) is 10.00. The van der Waals surface area contributed by atoms with Gasteiger partial charge in [0.25, 0.3) is 0 Å². The number of nitrogens with zero attached hydrogens (tertiary/aromatic N) is 1. The average Bonchev–Trinajstić information content (AvgIpc) is 3.22. The van der Waals surface area contributed by atoms with Crippen LogP contribution in [0.25, 0.3) is 10.2 Å². The monoisotopic (exact) mass is 441 g/mol.